The van der Waals surface area contributed by atoms with E-state index in [1.54, 1.807) is 11.6 Å². The van der Waals surface area contributed by atoms with Gasteiger partial charge in [-0.05, 0) is 75.6 Å². The summed E-state index contributed by atoms with van der Waals surface area (Å²) in [6, 6.07) is 9.51. The molecule has 5 atom stereocenters. The first-order valence-corrected chi connectivity index (χ1v) is 11.9. The molecule has 0 heterocycles. The molecule has 1 aromatic carbocycles. The third-order valence-corrected chi connectivity index (χ3v) is 6.53. The van der Waals surface area contributed by atoms with E-state index in [2.05, 4.69) is 11.4 Å². The number of allylic oxidation sites excluding steroid dienone is 2. The van der Waals surface area contributed by atoms with Crippen molar-refractivity contribution in [1.82, 2.24) is 5.32 Å². The molecule has 4 N–H and O–H groups in total. The smallest absolute Gasteiger partial charge is 0.119 e. The maximum absolute atomic E-state index is 10.5. The highest BCUT2D eigenvalue weighted by Gasteiger charge is 2.43. The van der Waals surface area contributed by atoms with Crippen LogP contribution in [0.4, 0.5) is 0 Å². The Balaban J connectivity index is 1.36. The van der Waals surface area contributed by atoms with Gasteiger partial charge >= 0.3 is 0 Å². The lowest BCUT2D eigenvalue weighted by atomic mass is 9.88. The van der Waals surface area contributed by atoms with E-state index in [4.69, 9.17) is 9.84 Å². The average molecular weight is 430 g/mol. The molecule has 0 amide bonds. The quantitative estimate of drug-likeness (QED) is 0.269. The van der Waals surface area contributed by atoms with Crippen molar-refractivity contribution in [2.24, 2.45) is 17.8 Å². The van der Waals surface area contributed by atoms with Crippen molar-refractivity contribution in [2.45, 2.75) is 57.2 Å². The van der Waals surface area contributed by atoms with E-state index in [1.807, 2.05) is 36.4 Å². The number of aliphatic hydroxyl groups excluding tert-OH is 3. The number of hydrogen-bond acceptors (Lipinski definition) is 5. The van der Waals surface area contributed by atoms with Gasteiger partial charge in [0.2, 0.25) is 0 Å². The number of benzene rings is 1. The number of aliphatic hydroxyl groups is 3. The van der Waals surface area contributed by atoms with Gasteiger partial charge in [0.1, 0.15) is 18.5 Å². The number of ether oxygens (including phenoxy) is 1. The number of para-hydroxylation sites is 1. The van der Waals surface area contributed by atoms with E-state index in [0.29, 0.717) is 11.8 Å². The van der Waals surface area contributed by atoms with Crippen LogP contribution in [-0.2, 0) is 0 Å². The van der Waals surface area contributed by atoms with Gasteiger partial charge < -0.3 is 25.4 Å². The van der Waals surface area contributed by atoms with Crippen LogP contribution in [0, 0.1) is 17.8 Å². The molecule has 172 valence electrons. The molecule has 31 heavy (non-hydrogen) atoms. The first kappa shape index (κ1) is 24.0. The highest BCUT2D eigenvalue weighted by molar-refractivity contribution is 5.22. The Kier molecular flexibility index (Phi) is 10.1. The Morgan fingerprint density at radius 3 is 2.71 bits per heavy atom. The molecule has 0 radical (unpaired) electrons. The number of unbranched alkanes of at least 4 members (excludes halogenated alkanes) is 2. The van der Waals surface area contributed by atoms with Crippen molar-refractivity contribution in [3.63, 3.8) is 0 Å². The second-order valence-corrected chi connectivity index (χ2v) is 8.95. The lowest BCUT2D eigenvalue weighted by Gasteiger charge is -2.19. The van der Waals surface area contributed by atoms with Gasteiger partial charge in [0.05, 0.1) is 6.10 Å². The molecule has 5 heteroatoms. The lowest BCUT2D eigenvalue weighted by Crippen LogP contribution is -2.19. The summed E-state index contributed by atoms with van der Waals surface area (Å²) >= 11 is 0. The van der Waals surface area contributed by atoms with Crippen LogP contribution < -0.4 is 10.1 Å². The third kappa shape index (κ3) is 7.76. The number of rotatable bonds is 14. The van der Waals surface area contributed by atoms with Crippen molar-refractivity contribution in [3.05, 3.63) is 54.1 Å². The maximum atomic E-state index is 10.5. The Hall–Kier alpha value is -1.66. The van der Waals surface area contributed by atoms with Crippen LogP contribution in [0.2, 0.25) is 0 Å². The highest BCUT2D eigenvalue weighted by Crippen LogP contribution is 2.48. The number of hydrogen-bond donors (Lipinski definition) is 4. The van der Waals surface area contributed by atoms with E-state index in [-0.39, 0.29) is 25.2 Å². The molecule has 0 aromatic heterocycles. The summed E-state index contributed by atoms with van der Waals surface area (Å²) in [7, 11) is 0. The van der Waals surface area contributed by atoms with Gasteiger partial charge in [-0.25, -0.2) is 0 Å². The Morgan fingerprint density at radius 2 is 1.90 bits per heavy atom. The predicted octanol–water partition coefficient (Wildman–Crippen LogP) is 3.46. The fourth-order valence-electron chi connectivity index (χ4n) is 4.91. The second-order valence-electron chi connectivity index (χ2n) is 8.95. The molecule has 0 bridgehead atoms. The lowest BCUT2D eigenvalue weighted by molar-refractivity contribution is 0.133. The Labute approximate surface area is 186 Å². The molecule has 1 aromatic rings. The third-order valence-electron chi connectivity index (χ3n) is 6.53. The van der Waals surface area contributed by atoms with E-state index < -0.39 is 6.10 Å². The van der Waals surface area contributed by atoms with Gasteiger partial charge in [0.25, 0.3) is 0 Å². The first-order valence-electron chi connectivity index (χ1n) is 11.9. The summed E-state index contributed by atoms with van der Waals surface area (Å²) in [6.45, 7) is 2.40. The summed E-state index contributed by atoms with van der Waals surface area (Å²) < 4.78 is 5.62. The molecule has 0 unspecified atom stereocenters. The SMILES string of the molecule is OCCCNCCCCCC1=C[C@H]2C[C@@H](O)[C@H](C=C[C@@H](O)COc3ccccc3)[C@H]2C1. The van der Waals surface area contributed by atoms with Crippen LogP contribution in [0.5, 0.6) is 5.75 Å². The van der Waals surface area contributed by atoms with Crippen molar-refractivity contribution in [2.75, 3.05) is 26.3 Å². The minimum absolute atomic E-state index is 0.112. The zero-order valence-corrected chi connectivity index (χ0v) is 18.5. The van der Waals surface area contributed by atoms with Crippen LogP contribution in [-0.4, -0.2) is 53.8 Å². The van der Waals surface area contributed by atoms with Crippen molar-refractivity contribution >= 4 is 0 Å². The molecule has 3 rings (SSSR count). The zero-order chi connectivity index (χ0) is 21.9. The topological polar surface area (TPSA) is 82.0 Å². The van der Waals surface area contributed by atoms with Gasteiger partial charge in [-0.1, -0.05) is 48.4 Å². The van der Waals surface area contributed by atoms with Crippen molar-refractivity contribution in [1.29, 1.82) is 0 Å². The van der Waals surface area contributed by atoms with Gasteiger partial charge in [-0.3, -0.25) is 0 Å². The van der Waals surface area contributed by atoms with Crippen molar-refractivity contribution < 1.29 is 20.1 Å². The predicted molar refractivity (Wildman–Crippen MR) is 124 cm³/mol. The zero-order valence-electron chi connectivity index (χ0n) is 18.5. The van der Waals surface area contributed by atoms with Crippen LogP contribution in [0.1, 0.15) is 44.9 Å². The minimum atomic E-state index is -0.675. The standard InChI is InChI=1S/C26H39NO4/c28-15-7-14-27-13-6-2-3-8-20-16-21-18-26(30)24(25(21)17-20)12-11-22(29)19-31-23-9-4-1-5-10-23/h1,4-5,9-12,16,21-22,24-30H,2-3,6-8,13-15,17-19H2/t21-,22+,24+,25-,26+/m0/s1. The largest absolute Gasteiger partial charge is 0.491 e. The first-order chi connectivity index (χ1) is 15.2. The van der Waals surface area contributed by atoms with E-state index in [0.717, 1.165) is 44.5 Å². The van der Waals surface area contributed by atoms with E-state index in [1.165, 1.54) is 19.3 Å². The van der Waals surface area contributed by atoms with Gasteiger partial charge in [-0.15, -0.1) is 0 Å². The van der Waals surface area contributed by atoms with Gasteiger partial charge in [-0.2, -0.15) is 0 Å². The normalized spacial score (nSPS) is 26.2. The molecule has 0 spiro atoms. The maximum Gasteiger partial charge on any atom is 0.119 e. The van der Waals surface area contributed by atoms with Gasteiger partial charge in [0.15, 0.2) is 0 Å². The molecule has 1 saturated carbocycles. The van der Waals surface area contributed by atoms with Crippen LogP contribution in [0.3, 0.4) is 0 Å². The summed E-state index contributed by atoms with van der Waals surface area (Å²) in [5.74, 6) is 1.79. The summed E-state index contributed by atoms with van der Waals surface area (Å²) in [5, 5.41) is 32.9. The van der Waals surface area contributed by atoms with Crippen LogP contribution in [0.15, 0.2) is 54.1 Å². The molecule has 0 aliphatic heterocycles. The molecule has 2 aliphatic carbocycles. The number of fused-ring (bicyclic) bond motifs is 1. The Bertz CT molecular complexity index is 690. The molecule has 0 saturated heterocycles. The van der Waals surface area contributed by atoms with Crippen molar-refractivity contribution in [3.8, 4) is 5.75 Å². The average Bonchev–Trinajstić information content (AvgIpc) is 3.29. The molecular weight excluding hydrogens is 390 g/mol. The van der Waals surface area contributed by atoms with Crippen LogP contribution >= 0.6 is 0 Å². The summed E-state index contributed by atoms with van der Waals surface area (Å²) in [4.78, 5) is 0. The highest BCUT2D eigenvalue weighted by atomic mass is 16.5. The van der Waals surface area contributed by atoms with Gasteiger partial charge in [0, 0.05) is 12.5 Å². The minimum Gasteiger partial charge on any atom is -0.491 e. The van der Waals surface area contributed by atoms with E-state index in [9.17, 15) is 10.2 Å². The van der Waals surface area contributed by atoms with Crippen LogP contribution in [0.25, 0.3) is 0 Å². The monoisotopic (exact) mass is 429 g/mol. The van der Waals surface area contributed by atoms with E-state index >= 15 is 0 Å². The summed E-state index contributed by atoms with van der Waals surface area (Å²) in [6.07, 6.45) is 12.7. The second kappa shape index (κ2) is 13.0. The molecule has 2 aliphatic rings. The molecular formula is C26H39NO4. The molecule has 5 nitrogen and oxygen atoms in total. The molecule has 1 fully saturated rings. The summed E-state index contributed by atoms with van der Waals surface area (Å²) in [5.41, 5.74) is 1.54. The Morgan fingerprint density at radius 1 is 1.10 bits per heavy atom. The number of nitrogens with one attached hydrogen (secondary N) is 1. The fourth-order valence-corrected chi connectivity index (χ4v) is 4.91. The fraction of sp³-hybridized carbons (Fsp3) is 0.615.